The van der Waals surface area contributed by atoms with E-state index in [-0.39, 0.29) is 95.7 Å². The van der Waals surface area contributed by atoms with Gasteiger partial charge in [0.2, 0.25) is 0 Å². The van der Waals surface area contributed by atoms with E-state index in [0.29, 0.717) is 93.9 Å². The number of carbonyl (C=O) groups is 2. The minimum absolute atomic E-state index is 0.141. The molecule has 2 aromatic carbocycles. The Kier molecular flexibility index (Phi) is 23.7. The summed E-state index contributed by atoms with van der Waals surface area (Å²) in [7, 11) is 0. The van der Waals surface area contributed by atoms with Gasteiger partial charge in [0.15, 0.2) is 17.3 Å². The summed E-state index contributed by atoms with van der Waals surface area (Å²) in [6.45, 7) is 63.5. The summed E-state index contributed by atoms with van der Waals surface area (Å²) in [5.41, 5.74) is 25.9. The van der Waals surface area contributed by atoms with Gasteiger partial charge in [0.1, 0.15) is 18.5 Å². The van der Waals surface area contributed by atoms with Crippen molar-refractivity contribution in [3.63, 3.8) is 0 Å². The minimum Gasteiger partial charge on any atom is -0.481 e. The van der Waals surface area contributed by atoms with Gasteiger partial charge in [0.05, 0.1) is 88.9 Å². The van der Waals surface area contributed by atoms with E-state index >= 15 is 0 Å². The van der Waals surface area contributed by atoms with Crippen LogP contribution >= 0.6 is 0 Å². The van der Waals surface area contributed by atoms with Crippen LogP contribution in [0.3, 0.4) is 0 Å². The number of hydrogen-bond donors (Lipinski definition) is 7. The molecule has 5 heterocycles. The van der Waals surface area contributed by atoms with Crippen molar-refractivity contribution in [1.82, 2.24) is 34.8 Å². The number of fused-ring (bicyclic) bond motifs is 6. The molecule has 15 rings (SSSR count). The predicted octanol–water partition coefficient (Wildman–Crippen LogP) is 17.3. The zero-order valence-corrected chi connectivity index (χ0v) is 75.3. The van der Waals surface area contributed by atoms with Crippen LogP contribution in [0.2, 0.25) is 0 Å². The van der Waals surface area contributed by atoms with E-state index in [0.717, 1.165) is 124 Å². The van der Waals surface area contributed by atoms with E-state index in [2.05, 4.69) is 208 Å². The molecule has 117 heavy (non-hydrogen) atoms. The van der Waals surface area contributed by atoms with Crippen LogP contribution in [0.1, 0.15) is 247 Å². The number of amidine groups is 1. The molecule has 6 saturated carbocycles. The number of carboxylic acids is 2. The van der Waals surface area contributed by atoms with Gasteiger partial charge in [-0.15, -0.1) is 0 Å². The minimum atomic E-state index is -0.637. The summed E-state index contributed by atoms with van der Waals surface area (Å²) in [4.78, 5) is 45.5. The summed E-state index contributed by atoms with van der Waals surface area (Å²) in [6.07, 6.45) is 19.0. The highest BCUT2D eigenvalue weighted by atomic mass is 16.5. The normalized spacial score (nSPS) is 38.9. The van der Waals surface area contributed by atoms with Crippen LogP contribution in [0.4, 0.5) is 5.69 Å². The van der Waals surface area contributed by atoms with Gasteiger partial charge in [0.25, 0.3) is 0 Å². The van der Waals surface area contributed by atoms with Gasteiger partial charge >= 0.3 is 11.9 Å². The van der Waals surface area contributed by atoms with Gasteiger partial charge in [-0.1, -0.05) is 198 Å². The van der Waals surface area contributed by atoms with Crippen LogP contribution in [0.15, 0.2) is 89.5 Å². The highest BCUT2D eigenvalue weighted by Gasteiger charge is 2.75. The fourth-order valence-electron chi connectivity index (χ4n) is 26.7. The molecule has 24 atom stereocenters. The lowest BCUT2D eigenvalue weighted by molar-refractivity contribution is -0.253. The largest absolute Gasteiger partial charge is 0.481 e. The lowest BCUT2D eigenvalue weighted by atomic mass is 9.34. The summed E-state index contributed by atoms with van der Waals surface area (Å²) in [5.74, 6) is 2.91. The monoisotopic (exact) mass is 1610 g/mol. The van der Waals surface area contributed by atoms with Crippen LogP contribution in [0.5, 0.6) is 0 Å². The lowest BCUT2D eigenvalue weighted by Gasteiger charge is -2.71. The van der Waals surface area contributed by atoms with E-state index in [9.17, 15) is 19.8 Å². The van der Waals surface area contributed by atoms with Crippen LogP contribution < -0.4 is 28.3 Å². The lowest BCUT2D eigenvalue weighted by Crippen LogP contribution is -2.69. The molecule has 4 aromatic rings. The zero-order valence-electron chi connectivity index (χ0n) is 75.3. The maximum Gasteiger partial charge on any atom is 0.307 e. The number of aliphatic carboxylic acids is 2. The van der Waals surface area contributed by atoms with Crippen molar-refractivity contribution in [3.05, 3.63) is 101 Å². The number of aromatic nitrogens is 6. The van der Waals surface area contributed by atoms with Crippen LogP contribution in [-0.4, -0.2) is 147 Å². The first kappa shape index (κ1) is 88.6. The molecule has 21 heteroatoms. The van der Waals surface area contributed by atoms with E-state index in [4.69, 9.17) is 73.6 Å². The van der Waals surface area contributed by atoms with Crippen molar-refractivity contribution >= 4 is 23.5 Å². The van der Waals surface area contributed by atoms with E-state index in [1.54, 1.807) is 12.7 Å². The second kappa shape index (κ2) is 31.3. The number of aliphatic imine (C=N–C) groups is 1. The molecule has 644 valence electrons. The number of nitrogens with two attached hydrogens (primary N) is 4. The number of nitrogens with zero attached hydrogens (tertiary/aromatic N) is 8. The molecule has 11 aliphatic rings. The molecule has 0 radical (unpaired) electrons. The van der Waals surface area contributed by atoms with Crippen molar-refractivity contribution in [3.8, 4) is 22.8 Å². The first-order chi connectivity index (χ1) is 54.7. The van der Waals surface area contributed by atoms with Gasteiger partial charge in [-0.3, -0.25) is 14.6 Å². The fraction of sp³-hybridized carbons (Fsp3) is 0.750. The maximum absolute atomic E-state index is 13.7. The van der Waals surface area contributed by atoms with E-state index < -0.39 is 40.3 Å². The van der Waals surface area contributed by atoms with Crippen LogP contribution in [-0.2, 0) is 28.5 Å². The highest BCUT2D eigenvalue weighted by molar-refractivity contribution is 6.00. The second-order valence-corrected chi connectivity index (χ2v) is 44.1. The Morgan fingerprint density at radius 3 is 1.38 bits per heavy atom. The highest BCUT2D eigenvalue weighted by Crippen LogP contribution is 2.78. The zero-order chi connectivity index (χ0) is 85.4. The average molecular weight is 1610 g/mol. The smallest absolute Gasteiger partial charge is 0.307 e. The molecule has 2 aromatic heterocycles. The van der Waals surface area contributed by atoms with Crippen LogP contribution in [0, 0.1) is 131 Å². The van der Waals surface area contributed by atoms with Gasteiger partial charge in [-0.05, 0) is 194 Å². The molecular formula is C96H147N13O8. The third kappa shape index (κ3) is 14.0. The molecule has 0 spiro atoms. The molecule has 11 N–H and O–H groups in total. The number of carboxylic acid groups (broad SMARTS) is 2. The molecule has 0 amide bonds. The van der Waals surface area contributed by atoms with E-state index in [1.165, 1.54) is 11.1 Å². The van der Waals surface area contributed by atoms with Crippen molar-refractivity contribution in [1.29, 1.82) is 0 Å². The Bertz CT molecular complexity index is 4460. The third-order valence-corrected chi connectivity index (χ3v) is 36.0. The standard InChI is InChI=1S/C48H72N6O4.C46H67N5O4.C2H8N2/c1-29(2)30(3)43(7)19-20-45(9)33-15-16-36-44(8)25-57-27-48(36,34(33)17-18-46(45,10)37(43)41(55)56)24-35(38(44)58-26-47(11,49)42(4,5)6)54-40(52-28-53-54)32-14-12-13-31(23-32)39-50-21-22-51-39;1-28(2)29(3)41(7)20-21-43(9)32-16-17-35-42(8)24-54-26-46(35,33(32)18-19-44(43,10)36(41)39(52)53)23-34(37(42)55-25-45(11,47)40(4,5)6)51-38(49-27-50-51)30-14-13-15-31(22-30)48-12;3-1-2-4/h12-14,17,23,28-30,33,35-38H,15-16,18-22,24-27,49H2,1-11H3,(H,50,51)(H,55,56);13-15,18,22,27-29,32,34-37H,16-17,19-21,23-26,47H2,1-11H3,(H,52,53);1-4H2/t30-,33+,35-,36+,37-,38+,43-,44-,45-,46+,47+,48+;29-,32+,34-,35+,36-,37+,41-,42-,43-,44+,45+,46+;/m11./s1. The third-order valence-electron chi connectivity index (χ3n) is 36.0. The Balaban J connectivity index is 0.000000195. The summed E-state index contributed by atoms with van der Waals surface area (Å²) >= 11 is 0. The summed E-state index contributed by atoms with van der Waals surface area (Å²) in [5, 5.41) is 35.9. The number of benzene rings is 2. The molecule has 0 unspecified atom stereocenters. The molecule has 21 nitrogen and oxygen atoms in total. The van der Waals surface area contributed by atoms with Gasteiger partial charge in [0, 0.05) is 69.1 Å². The molecular weight excluding hydrogens is 1460 g/mol. The SMILES string of the molecule is CC(C)[C@@H](C)[C@@]1(C)CC[C@]2(C)[C@H]3CC[C@@H]4[C@@]5(COC[C@@]4(C)[C@@H](OC[C@](C)(N)C(C)(C)C)[C@H](n4ncnc4-c4cccc(C6=NCCN6)c4)C5)C3=CC[C@@]2(C)[C@@H]1C(=O)O.NCCN.[C-]#[N+]c1cccc(-c2ncnn2[C@@H]2C[C@@]34COC[C@](C)([C@@H]3CC[C@H]3C4=CC[C@@]4(C)[C@H](C(=O)O)[C@@](C)([C@H](C)C(C)C)CC[C@]34C)[C@H]2OC[C@](C)(N)C(C)(C)C)c1. The number of rotatable bonds is 18. The molecule has 4 bridgehead atoms. The summed E-state index contributed by atoms with van der Waals surface area (Å²) in [6, 6.07) is 15.8. The fourth-order valence-corrected chi connectivity index (χ4v) is 26.7. The van der Waals surface area contributed by atoms with Gasteiger partial charge in [-0.2, -0.15) is 10.2 Å². The quantitative estimate of drug-likeness (QED) is 0.0360. The number of nitrogens with one attached hydrogen (secondary N) is 1. The van der Waals surface area contributed by atoms with Gasteiger partial charge in [-0.25, -0.2) is 24.2 Å². The first-order valence-electron chi connectivity index (χ1n) is 44.6. The van der Waals surface area contributed by atoms with Crippen molar-refractivity contribution in [2.24, 2.45) is 152 Å². The van der Waals surface area contributed by atoms with Crippen molar-refractivity contribution in [2.45, 2.75) is 265 Å². The van der Waals surface area contributed by atoms with Gasteiger partial charge < -0.3 is 57.4 Å². The van der Waals surface area contributed by atoms with E-state index in [1.807, 2.05) is 24.3 Å². The Morgan fingerprint density at radius 1 is 0.590 bits per heavy atom. The predicted molar refractivity (Wildman–Crippen MR) is 463 cm³/mol. The Labute approximate surface area is 700 Å². The molecule has 8 fully saturated rings. The number of hydrogen-bond acceptors (Lipinski definition) is 16. The summed E-state index contributed by atoms with van der Waals surface area (Å²) < 4.78 is 32.4. The van der Waals surface area contributed by atoms with Crippen molar-refractivity contribution in [2.75, 3.05) is 65.8 Å². The molecule has 8 aliphatic carbocycles. The second-order valence-electron chi connectivity index (χ2n) is 44.1. The number of ether oxygens (including phenoxy) is 4. The number of allylic oxidation sites excluding steroid dienone is 2. The first-order valence-corrected chi connectivity index (χ1v) is 44.6. The van der Waals surface area contributed by atoms with Crippen molar-refractivity contribution < 1.29 is 38.7 Å². The average Bonchev–Trinajstić information content (AvgIpc) is 0.816. The molecule has 3 aliphatic heterocycles. The Hall–Kier alpha value is -6.22. The maximum atomic E-state index is 13.7. The Morgan fingerprint density at radius 2 is 1.00 bits per heavy atom. The van der Waals surface area contributed by atoms with Crippen LogP contribution in [0.25, 0.3) is 27.6 Å². The topological polar surface area (TPSA) is 306 Å². The molecule has 2 saturated heterocycles.